The van der Waals surface area contributed by atoms with Gasteiger partial charge < -0.3 is 9.64 Å². The first-order chi connectivity index (χ1) is 8.26. The van der Waals surface area contributed by atoms with E-state index in [-0.39, 0.29) is 0 Å². The Morgan fingerprint density at radius 2 is 2.06 bits per heavy atom. The largest absolute Gasteiger partial charge is 0.376 e. The molecule has 1 aliphatic heterocycles. The molecule has 1 fully saturated rings. The molecule has 0 aromatic carbocycles. The molecule has 0 unspecified atom stereocenters. The van der Waals surface area contributed by atoms with Crippen LogP contribution in [0.2, 0.25) is 0 Å². The van der Waals surface area contributed by atoms with E-state index in [9.17, 15) is 0 Å². The molecule has 1 atom stereocenters. The molecule has 0 radical (unpaired) electrons. The highest BCUT2D eigenvalue weighted by Gasteiger charge is 2.19. The van der Waals surface area contributed by atoms with Gasteiger partial charge in [0, 0.05) is 19.6 Å². The van der Waals surface area contributed by atoms with Gasteiger partial charge in [-0.05, 0) is 39.4 Å². The summed E-state index contributed by atoms with van der Waals surface area (Å²) in [6, 6.07) is 0. The van der Waals surface area contributed by atoms with Crippen LogP contribution in [-0.2, 0) is 4.74 Å². The number of nitrogens with zero attached hydrogens (tertiary/aromatic N) is 2. The van der Waals surface area contributed by atoms with E-state index in [1.54, 1.807) is 0 Å². The second-order valence-electron chi connectivity index (χ2n) is 5.24. The van der Waals surface area contributed by atoms with Gasteiger partial charge in [0.25, 0.3) is 0 Å². The third-order valence-corrected chi connectivity index (χ3v) is 3.49. The normalized spacial score (nSPS) is 22.2. The molecule has 1 saturated heterocycles. The minimum Gasteiger partial charge on any atom is -0.376 e. The van der Waals surface area contributed by atoms with Crippen LogP contribution < -0.4 is 0 Å². The minimum atomic E-state index is 0.458. The molecule has 1 rings (SSSR count). The van der Waals surface area contributed by atoms with Crippen LogP contribution in [0.1, 0.15) is 39.5 Å². The average Bonchev–Trinajstić information content (AvgIpc) is 2.35. The first-order valence-corrected chi connectivity index (χ1v) is 7.28. The van der Waals surface area contributed by atoms with Gasteiger partial charge in [-0.15, -0.1) is 0 Å². The van der Waals surface area contributed by atoms with Crippen LogP contribution in [0.15, 0.2) is 0 Å². The summed E-state index contributed by atoms with van der Waals surface area (Å²) in [6.07, 6.45) is 5.49. The lowest BCUT2D eigenvalue weighted by atomic mass is 10.2. The maximum Gasteiger partial charge on any atom is 0.0714 e. The van der Waals surface area contributed by atoms with Gasteiger partial charge in [-0.1, -0.05) is 20.3 Å². The number of hydrogen-bond donors (Lipinski definition) is 0. The van der Waals surface area contributed by atoms with E-state index in [0.717, 1.165) is 19.7 Å². The highest BCUT2D eigenvalue weighted by molar-refractivity contribution is 4.72. The molecule has 17 heavy (non-hydrogen) atoms. The van der Waals surface area contributed by atoms with Crippen molar-refractivity contribution in [3.63, 3.8) is 0 Å². The fourth-order valence-corrected chi connectivity index (χ4v) is 2.40. The monoisotopic (exact) mass is 242 g/mol. The van der Waals surface area contributed by atoms with Crippen molar-refractivity contribution in [2.24, 2.45) is 0 Å². The third kappa shape index (κ3) is 6.39. The van der Waals surface area contributed by atoms with Crippen molar-refractivity contribution in [3.05, 3.63) is 0 Å². The lowest BCUT2D eigenvalue weighted by Crippen LogP contribution is -2.43. The van der Waals surface area contributed by atoms with Crippen LogP contribution in [0.5, 0.6) is 0 Å². The summed E-state index contributed by atoms with van der Waals surface area (Å²) >= 11 is 0. The van der Waals surface area contributed by atoms with Crippen molar-refractivity contribution in [2.45, 2.75) is 45.6 Å². The van der Waals surface area contributed by atoms with E-state index < -0.39 is 0 Å². The van der Waals surface area contributed by atoms with Crippen molar-refractivity contribution in [2.75, 3.05) is 46.4 Å². The Morgan fingerprint density at radius 3 is 2.76 bits per heavy atom. The Balaban J connectivity index is 2.15. The molecular formula is C14H30N2O. The van der Waals surface area contributed by atoms with Gasteiger partial charge in [-0.2, -0.15) is 0 Å². The SMILES string of the molecule is CCCCN1CCO[C@H](CCN(C)CCC)C1. The summed E-state index contributed by atoms with van der Waals surface area (Å²) in [5.41, 5.74) is 0. The van der Waals surface area contributed by atoms with E-state index in [1.807, 2.05) is 0 Å². The van der Waals surface area contributed by atoms with E-state index in [1.165, 1.54) is 45.3 Å². The molecule has 3 heteroatoms. The second kappa shape index (κ2) is 8.90. The van der Waals surface area contributed by atoms with Gasteiger partial charge in [0.2, 0.25) is 0 Å². The highest BCUT2D eigenvalue weighted by Crippen LogP contribution is 2.10. The van der Waals surface area contributed by atoms with Gasteiger partial charge in [-0.25, -0.2) is 0 Å². The zero-order valence-electron chi connectivity index (χ0n) is 12.0. The smallest absolute Gasteiger partial charge is 0.0714 e. The van der Waals surface area contributed by atoms with Gasteiger partial charge in [0.1, 0.15) is 0 Å². The standard InChI is InChI=1S/C14H30N2O/c1-4-6-9-16-11-12-17-14(13-16)7-10-15(3)8-5-2/h14H,4-13H2,1-3H3/t14-/m1/s1. The zero-order chi connectivity index (χ0) is 12.5. The fourth-order valence-electron chi connectivity index (χ4n) is 2.40. The maximum atomic E-state index is 5.85. The number of unbranched alkanes of at least 4 members (excludes halogenated alkanes) is 1. The molecule has 3 nitrogen and oxygen atoms in total. The van der Waals surface area contributed by atoms with Crippen molar-refractivity contribution < 1.29 is 4.74 Å². The Morgan fingerprint density at radius 1 is 1.24 bits per heavy atom. The van der Waals surface area contributed by atoms with Crippen LogP contribution in [0.4, 0.5) is 0 Å². The molecule has 1 heterocycles. The molecule has 0 aromatic heterocycles. The van der Waals surface area contributed by atoms with Crippen molar-refractivity contribution >= 4 is 0 Å². The maximum absolute atomic E-state index is 5.85. The van der Waals surface area contributed by atoms with E-state index in [0.29, 0.717) is 6.10 Å². The van der Waals surface area contributed by atoms with Crippen molar-refractivity contribution in [3.8, 4) is 0 Å². The first-order valence-electron chi connectivity index (χ1n) is 7.28. The van der Waals surface area contributed by atoms with Gasteiger partial charge in [0.05, 0.1) is 12.7 Å². The zero-order valence-corrected chi connectivity index (χ0v) is 12.0. The summed E-state index contributed by atoms with van der Waals surface area (Å²) in [6.45, 7) is 11.3. The number of ether oxygens (including phenoxy) is 1. The lowest BCUT2D eigenvalue weighted by molar-refractivity contribution is -0.0350. The van der Waals surface area contributed by atoms with Crippen molar-refractivity contribution in [1.29, 1.82) is 0 Å². The predicted octanol–water partition coefficient (Wildman–Crippen LogP) is 2.22. The van der Waals surface area contributed by atoms with Crippen LogP contribution in [0.25, 0.3) is 0 Å². The fraction of sp³-hybridized carbons (Fsp3) is 1.00. The summed E-state index contributed by atoms with van der Waals surface area (Å²) in [5.74, 6) is 0. The predicted molar refractivity (Wildman–Crippen MR) is 73.5 cm³/mol. The molecule has 0 bridgehead atoms. The lowest BCUT2D eigenvalue weighted by Gasteiger charge is -2.33. The molecule has 102 valence electrons. The second-order valence-corrected chi connectivity index (χ2v) is 5.24. The molecular weight excluding hydrogens is 212 g/mol. The Labute approximate surface area is 107 Å². The molecule has 0 spiro atoms. The van der Waals surface area contributed by atoms with Crippen molar-refractivity contribution in [1.82, 2.24) is 9.80 Å². The van der Waals surface area contributed by atoms with Crippen LogP contribution >= 0.6 is 0 Å². The van der Waals surface area contributed by atoms with Crippen LogP contribution in [0, 0.1) is 0 Å². The summed E-state index contributed by atoms with van der Waals surface area (Å²) < 4.78 is 5.85. The van der Waals surface area contributed by atoms with E-state index >= 15 is 0 Å². The molecule has 1 aliphatic rings. The average molecular weight is 242 g/mol. The third-order valence-electron chi connectivity index (χ3n) is 3.49. The summed E-state index contributed by atoms with van der Waals surface area (Å²) in [4.78, 5) is 4.98. The number of rotatable bonds is 8. The van der Waals surface area contributed by atoms with Crippen LogP contribution in [-0.4, -0.2) is 62.3 Å². The summed E-state index contributed by atoms with van der Waals surface area (Å²) in [7, 11) is 2.21. The number of morpholine rings is 1. The highest BCUT2D eigenvalue weighted by atomic mass is 16.5. The molecule has 0 aromatic rings. The Hall–Kier alpha value is -0.120. The Kier molecular flexibility index (Phi) is 7.82. The van der Waals surface area contributed by atoms with Gasteiger partial charge in [0.15, 0.2) is 0 Å². The molecule has 0 saturated carbocycles. The quantitative estimate of drug-likeness (QED) is 0.649. The molecule has 0 aliphatic carbocycles. The minimum absolute atomic E-state index is 0.458. The molecule has 0 N–H and O–H groups in total. The number of hydrogen-bond acceptors (Lipinski definition) is 3. The first kappa shape index (κ1) is 14.9. The van der Waals surface area contributed by atoms with E-state index in [4.69, 9.17) is 4.74 Å². The van der Waals surface area contributed by atoms with Crippen LogP contribution in [0.3, 0.4) is 0 Å². The molecule has 0 amide bonds. The van der Waals surface area contributed by atoms with E-state index in [2.05, 4.69) is 30.7 Å². The van der Waals surface area contributed by atoms with Gasteiger partial charge in [-0.3, -0.25) is 4.90 Å². The van der Waals surface area contributed by atoms with Gasteiger partial charge >= 0.3 is 0 Å². The summed E-state index contributed by atoms with van der Waals surface area (Å²) in [5, 5.41) is 0. The topological polar surface area (TPSA) is 15.7 Å². The Bertz CT molecular complexity index is 187.